The molecule has 0 aromatic carbocycles. The van der Waals surface area contributed by atoms with Gasteiger partial charge in [0, 0.05) is 19.6 Å². The van der Waals surface area contributed by atoms with Gasteiger partial charge in [-0.25, -0.2) is 4.79 Å². The molecular formula is C9H16N2O3. The van der Waals surface area contributed by atoms with Gasteiger partial charge < -0.3 is 15.0 Å². The maximum absolute atomic E-state index is 11.1. The fourth-order valence-electron chi connectivity index (χ4n) is 1.66. The molecule has 0 saturated carbocycles. The summed E-state index contributed by atoms with van der Waals surface area (Å²) in [5.41, 5.74) is 0. The second-order valence-corrected chi connectivity index (χ2v) is 3.43. The summed E-state index contributed by atoms with van der Waals surface area (Å²) < 4.78 is 4.62. The number of likely N-dealkylation sites (tertiary alicyclic amines) is 1. The number of carbonyl (C=O) groups is 2. The van der Waals surface area contributed by atoms with Gasteiger partial charge in [-0.2, -0.15) is 0 Å². The Kier molecular flexibility index (Phi) is 4.22. The third-order valence-electron chi connectivity index (χ3n) is 2.54. The number of hydrogen-bond donors (Lipinski definition) is 1. The monoisotopic (exact) mass is 200 g/mol. The minimum Gasteiger partial charge on any atom is -0.453 e. The lowest BCUT2D eigenvalue weighted by Crippen LogP contribution is -2.40. The summed E-state index contributed by atoms with van der Waals surface area (Å²) in [6, 6.07) is 0. The maximum Gasteiger partial charge on any atom is 0.409 e. The number of methoxy groups -OCH3 is 1. The maximum atomic E-state index is 11.1. The molecule has 0 atom stereocenters. The van der Waals surface area contributed by atoms with Gasteiger partial charge in [0.15, 0.2) is 0 Å². The number of nitrogens with zero attached hydrogens (tertiary/aromatic N) is 1. The average molecular weight is 200 g/mol. The third-order valence-corrected chi connectivity index (χ3v) is 2.54. The Balaban J connectivity index is 2.24. The van der Waals surface area contributed by atoms with E-state index in [0.717, 1.165) is 25.9 Å². The number of amides is 2. The molecule has 5 heteroatoms. The molecular weight excluding hydrogens is 184 g/mol. The number of hydrogen-bond acceptors (Lipinski definition) is 3. The lowest BCUT2D eigenvalue weighted by molar-refractivity contribution is -0.109. The van der Waals surface area contributed by atoms with E-state index in [1.54, 1.807) is 4.90 Å². The highest BCUT2D eigenvalue weighted by atomic mass is 16.5. The second kappa shape index (κ2) is 5.47. The van der Waals surface area contributed by atoms with Crippen molar-refractivity contribution in [1.29, 1.82) is 0 Å². The van der Waals surface area contributed by atoms with Crippen molar-refractivity contribution in [2.24, 2.45) is 5.92 Å². The van der Waals surface area contributed by atoms with E-state index in [9.17, 15) is 9.59 Å². The number of rotatable bonds is 3. The number of carbonyl (C=O) groups excluding carboxylic acids is 2. The van der Waals surface area contributed by atoms with Crippen molar-refractivity contribution in [3.8, 4) is 0 Å². The average Bonchev–Trinajstić information content (AvgIpc) is 2.26. The Hall–Kier alpha value is -1.26. The van der Waals surface area contributed by atoms with Crippen LogP contribution in [0.3, 0.4) is 0 Å². The molecule has 5 nitrogen and oxygen atoms in total. The Morgan fingerprint density at radius 1 is 1.57 bits per heavy atom. The summed E-state index contributed by atoms with van der Waals surface area (Å²) in [6.45, 7) is 2.15. The van der Waals surface area contributed by atoms with Gasteiger partial charge in [0.05, 0.1) is 7.11 Å². The van der Waals surface area contributed by atoms with E-state index in [4.69, 9.17) is 0 Å². The highest BCUT2D eigenvalue weighted by Crippen LogP contribution is 2.16. The van der Waals surface area contributed by atoms with Crippen LogP contribution in [0.4, 0.5) is 4.79 Å². The van der Waals surface area contributed by atoms with Gasteiger partial charge in [0.1, 0.15) is 0 Å². The van der Waals surface area contributed by atoms with E-state index < -0.39 is 0 Å². The summed E-state index contributed by atoms with van der Waals surface area (Å²) in [7, 11) is 1.39. The van der Waals surface area contributed by atoms with Crippen LogP contribution in [0.15, 0.2) is 0 Å². The molecule has 0 spiro atoms. The molecule has 1 rings (SSSR count). The molecule has 0 aliphatic carbocycles. The topological polar surface area (TPSA) is 58.6 Å². The predicted molar refractivity (Wildman–Crippen MR) is 50.8 cm³/mol. The molecule has 1 N–H and O–H groups in total. The highest BCUT2D eigenvalue weighted by molar-refractivity contribution is 5.67. The van der Waals surface area contributed by atoms with Gasteiger partial charge in [-0.15, -0.1) is 0 Å². The minimum atomic E-state index is -0.258. The quantitative estimate of drug-likeness (QED) is 0.662. The molecule has 1 fully saturated rings. The van der Waals surface area contributed by atoms with Crippen LogP contribution in [-0.4, -0.2) is 44.1 Å². The van der Waals surface area contributed by atoms with Crippen molar-refractivity contribution in [2.75, 3.05) is 26.7 Å². The van der Waals surface area contributed by atoms with Gasteiger partial charge >= 0.3 is 6.09 Å². The summed E-state index contributed by atoms with van der Waals surface area (Å²) in [5.74, 6) is 0.487. The zero-order valence-corrected chi connectivity index (χ0v) is 8.36. The van der Waals surface area contributed by atoms with Crippen molar-refractivity contribution >= 4 is 12.5 Å². The van der Waals surface area contributed by atoms with Gasteiger partial charge in [0.25, 0.3) is 0 Å². The van der Waals surface area contributed by atoms with E-state index >= 15 is 0 Å². The molecule has 0 aromatic rings. The second-order valence-electron chi connectivity index (χ2n) is 3.43. The Morgan fingerprint density at radius 3 is 2.71 bits per heavy atom. The Bertz CT molecular complexity index is 200. The Morgan fingerprint density at radius 2 is 2.21 bits per heavy atom. The summed E-state index contributed by atoms with van der Waals surface area (Å²) in [4.78, 5) is 22.9. The van der Waals surface area contributed by atoms with Crippen LogP contribution in [0.25, 0.3) is 0 Å². The SMILES string of the molecule is COC(=O)N1CCC(CNC=O)CC1. The molecule has 1 saturated heterocycles. The first-order valence-corrected chi connectivity index (χ1v) is 4.78. The fraction of sp³-hybridized carbons (Fsp3) is 0.778. The van der Waals surface area contributed by atoms with E-state index in [1.165, 1.54) is 7.11 Å². The molecule has 0 aromatic heterocycles. The highest BCUT2D eigenvalue weighted by Gasteiger charge is 2.22. The standard InChI is InChI=1S/C9H16N2O3/c1-14-9(13)11-4-2-8(3-5-11)6-10-7-12/h7-8H,2-6H2,1H3,(H,10,12). The van der Waals surface area contributed by atoms with E-state index in [0.29, 0.717) is 18.9 Å². The zero-order chi connectivity index (χ0) is 10.4. The van der Waals surface area contributed by atoms with Gasteiger partial charge in [0.2, 0.25) is 6.41 Å². The summed E-state index contributed by atoms with van der Waals surface area (Å²) in [5, 5.41) is 2.66. The first-order chi connectivity index (χ1) is 6.77. The number of piperidine rings is 1. The largest absolute Gasteiger partial charge is 0.453 e. The summed E-state index contributed by atoms with van der Waals surface area (Å²) in [6.07, 6.45) is 2.31. The molecule has 1 aliphatic rings. The van der Waals surface area contributed by atoms with Crippen LogP contribution >= 0.6 is 0 Å². The van der Waals surface area contributed by atoms with Crippen molar-refractivity contribution in [2.45, 2.75) is 12.8 Å². The van der Waals surface area contributed by atoms with E-state index in [-0.39, 0.29) is 6.09 Å². The molecule has 1 heterocycles. The molecule has 0 unspecified atom stereocenters. The first-order valence-electron chi connectivity index (χ1n) is 4.78. The van der Waals surface area contributed by atoms with Gasteiger partial charge in [-0.3, -0.25) is 4.79 Å². The molecule has 14 heavy (non-hydrogen) atoms. The van der Waals surface area contributed by atoms with Gasteiger partial charge in [-0.1, -0.05) is 0 Å². The molecule has 1 aliphatic heterocycles. The number of ether oxygens (including phenoxy) is 1. The summed E-state index contributed by atoms with van der Waals surface area (Å²) >= 11 is 0. The smallest absolute Gasteiger partial charge is 0.409 e. The van der Waals surface area contributed by atoms with Crippen LogP contribution in [0, 0.1) is 5.92 Å². The predicted octanol–water partition coefficient (Wildman–Crippen LogP) is 0.211. The zero-order valence-electron chi connectivity index (χ0n) is 8.36. The van der Waals surface area contributed by atoms with Crippen LogP contribution < -0.4 is 5.32 Å². The molecule has 2 amide bonds. The normalized spacial score (nSPS) is 17.6. The van der Waals surface area contributed by atoms with Crippen LogP contribution in [0.5, 0.6) is 0 Å². The third kappa shape index (κ3) is 2.90. The molecule has 0 bridgehead atoms. The van der Waals surface area contributed by atoms with Crippen molar-refractivity contribution < 1.29 is 14.3 Å². The van der Waals surface area contributed by atoms with Gasteiger partial charge in [-0.05, 0) is 18.8 Å². The van der Waals surface area contributed by atoms with Crippen molar-refractivity contribution in [3.63, 3.8) is 0 Å². The molecule has 80 valence electrons. The van der Waals surface area contributed by atoms with Crippen LogP contribution in [0.1, 0.15) is 12.8 Å². The van der Waals surface area contributed by atoms with Crippen LogP contribution in [-0.2, 0) is 9.53 Å². The molecule has 0 radical (unpaired) electrons. The van der Waals surface area contributed by atoms with Crippen molar-refractivity contribution in [1.82, 2.24) is 10.2 Å². The first kappa shape index (κ1) is 10.8. The van der Waals surface area contributed by atoms with Crippen molar-refractivity contribution in [3.05, 3.63) is 0 Å². The lowest BCUT2D eigenvalue weighted by atomic mass is 9.97. The Labute approximate surface area is 83.4 Å². The van der Waals surface area contributed by atoms with E-state index in [1.807, 2.05) is 0 Å². The number of nitrogens with one attached hydrogen (secondary N) is 1. The van der Waals surface area contributed by atoms with Crippen LogP contribution in [0.2, 0.25) is 0 Å². The fourth-order valence-corrected chi connectivity index (χ4v) is 1.66. The lowest BCUT2D eigenvalue weighted by Gasteiger charge is -2.30. The van der Waals surface area contributed by atoms with E-state index in [2.05, 4.69) is 10.1 Å². The minimum absolute atomic E-state index is 0.258.